The predicted molar refractivity (Wildman–Crippen MR) is 82.9 cm³/mol. The van der Waals surface area contributed by atoms with Crippen LogP contribution in [0, 0.1) is 0 Å². The number of piperazine rings is 1. The van der Waals surface area contributed by atoms with Gasteiger partial charge in [0.25, 0.3) is 0 Å². The molecule has 1 aliphatic heterocycles. The second-order valence-corrected chi connectivity index (χ2v) is 6.84. The molecule has 6 heteroatoms. The number of carbonyl (C=O) groups excluding carboxylic acids is 1. The minimum Gasteiger partial charge on any atom is -0.353 e. The molecule has 0 aliphatic carbocycles. The Kier molecular flexibility index (Phi) is 4.32. The zero-order valence-corrected chi connectivity index (χ0v) is 14.0. The van der Waals surface area contributed by atoms with Crippen molar-refractivity contribution in [1.82, 2.24) is 15.3 Å². The highest BCUT2D eigenvalue weighted by Gasteiger charge is 2.30. The molecule has 1 fully saturated rings. The van der Waals surface area contributed by atoms with Gasteiger partial charge >= 0.3 is 0 Å². The average Bonchev–Trinajstić information content (AvgIpc) is 2.36. The molecular formula is C14H21BrN4O. The number of nitrogens with one attached hydrogen (secondary N) is 1. The van der Waals surface area contributed by atoms with Crippen molar-refractivity contribution in [2.75, 3.05) is 18.0 Å². The van der Waals surface area contributed by atoms with E-state index in [2.05, 4.69) is 56.9 Å². The standard InChI is InChI=1S/C14H21BrN4O/c1-5-9-12(20)16-6-7-19(9)11-8-10(15)17-13(18-11)14(2,3)4/h8-9H,5-7H2,1-4H3,(H,16,20). The maximum atomic E-state index is 12.0. The molecule has 5 nitrogen and oxygen atoms in total. The molecule has 1 atom stereocenters. The van der Waals surface area contributed by atoms with E-state index in [4.69, 9.17) is 0 Å². The SMILES string of the molecule is CCC1C(=O)NCCN1c1cc(Br)nc(C(C)(C)C)n1. The average molecular weight is 341 g/mol. The van der Waals surface area contributed by atoms with Gasteiger partial charge in [0.1, 0.15) is 22.3 Å². The van der Waals surface area contributed by atoms with E-state index in [1.54, 1.807) is 0 Å². The minimum atomic E-state index is -0.154. The van der Waals surface area contributed by atoms with Gasteiger partial charge in [0.05, 0.1) is 0 Å². The fourth-order valence-electron chi connectivity index (χ4n) is 2.28. The smallest absolute Gasteiger partial charge is 0.242 e. The molecule has 2 rings (SSSR count). The van der Waals surface area contributed by atoms with Gasteiger partial charge < -0.3 is 10.2 Å². The van der Waals surface area contributed by atoms with Crippen molar-refractivity contribution in [2.24, 2.45) is 0 Å². The Labute approximate surface area is 128 Å². The lowest BCUT2D eigenvalue weighted by Gasteiger charge is -2.36. The number of carbonyl (C=O) groups is 1. The largest absolute Gasteiger partial charge is 0.353 e. The third-order valence-electron chi connectivity index (χ3n) is 3.36. The molecule has 0 aromatic carbocycles. The summed E-state index contributed by atoms with van der Waals surface area (Å²) in [6, 6.07) is 1.73. The second kappa shape index (κ2) is 5.68. The van der Waals surface area contributed by atoms with E-state index in [-0.39, 0.29) is 17.4 Å². The summed E-state index contributed by atoms with van der Waals surface area (Å²) in [5, 5.41) is 2.91. The summed E-state index contributed by atoms with van der Waals surface area (Å²) < 4.78 is 0.758. The lowest BCUT2D eigenvalue weighted by atomic mass is 9.96. The maximum Gasteiger partial charge on any atom is 0.242 e. The first-order valence-electron chi connectivity index (χ1n) is 6.92. The molecule has 110 valence electrons. The van der Waals surface area contributed by atoms with E-state index in [1.165, 1.54) is 0 Å². The van der Waals surface area contributed by atoms with Crippen LogP contribution in [-0.2, 0) is 10.2 Å². The normalized spacial score (nSPS) is 19.9. The summed E-state index contributed by atoms with van der Waals surface area (Å²) in [6.07, 6.45) is 0.762. The molecule has 20 heavy (non-hydrogen) atoms. The molecule has 0 bridgehead atoms. The third-order valence-corrected chi connectivity index (χ3v) is 3.77. The molecular weight excluding hydrogens is 320 g/mol. The topological polar surface area (TPSA) is 58.1 Å². The van der Waals surface area contributed by atoms with Crippen LogP contribution in [0.3, 0.4) is 0 Å². The van der Waals surface area contributed by atoms with E-state index in [0.717, 1.165) is 29.2 Å². The van der Waals surface area contributed by atoms with Crippen LogP contribution in [0.5, 0.6) is 0 Å². The van der Waals surface area contributed by atoms with Gasteiger partial charge in [0.2, 0.25) is 5.91 Å². The molecule has 1 unspecified atom stereocenters. The fourth-order valence-corrected chi connectivity index (χ4v) is 2.66. The van der Waals surface area contributed by atoms with Crippen molar-refractivity contribution in [3.63, 3.8) is 0 Å². The van der Waals surface area contributed by atoms with Gasteiger partial charge in [0, 0.05) is 24.6 Å². The highest BCUT2D eigenvalue weighted by molar-refractivity contribution is 9.10. The fraction of sp³-hybridized carbons (Fsp3) is 0.643. The second-order valence-electron chi connectivity index (χ2n) is 6.03. The summed E-state index contributed by atoms with van der Waals surface area (Å²) in [4.78, 5) is 23.2. The molecule has 1 saturated heterocycles. The summed E-state index contributed by atoms with van der Waals surface area (Å²) in [6.45, 7) is 9.69. The van der Waals surface area contributed by atoms with Crippen molar-refractivity contribution in [3.8, 4) is 0 Å². The van der Waals surface area contributed by atoms with Gasteiger partial charge in [-0.05, 0) is 22.4 Å². The number of hydrogen-bond acceptors (Lipinski definition) is 4. The quantitative estimate of drug-likeness (QED) is 0.839. The Morgan fingerprint density at radius 2 is 2.15 bits per heavy atom. The van der Waals surface area contributed by atoms with Crippen LogP contribution in [0.2, 0.25) is 0 Å². The Morgan fingerprint density at radius 1 is 1.45 bits per heavy atom. The van der Waals surface area contributed by atoms with Crippen LogP contribution >= 0.6 is 15.9 Å². The number of halogens is 1. The lowest BCUT2D eigenvalue weighted by molar-refractivity contribution is -0.123. The number of anilines is 1. The number of rotatable bonds is 2. The number of hydrogen-bond donors (Lipinski definition) is 1. The zero-order valence-electron chi connectivity index (χ0n) is 12.4. The summed E-state index contributed by atoms with van der Waals surface area (Å²) >= 11 is 3.45. The Hall–Kier alpha value is -1.17. The molecule has 1 aromatic heterocycles. The highest BCUT2D eigenvalue weighted by Crippen LogP contribution is 2.26. The first kappa shape index (κ1) is 15.2. The minimum absolute atomic E-state index is 0.0748. The van der Waals surface area contributed by atoms with Gasteiger partial charge in [-0.15, -0.1) is 0 Å². The molecule has 1 aliphatic rings. The number of nitrogens with zero attached hydrogens (tertiary/aromatic N) is 3. The number of amides is 1. The van der Waals surface area contributed by atoms with Crippen LogP contribution in [0.25, 0.3) is 0 Å². The van der Waals surface area contributed by atoms with Crippen molar-refractivity contribution in [1.29, 1.82) is 0 Å². The molecule has 1 amide bonds. The van der Waals surface area contributed by atoms with Gasteiger partial charge in [0.15, 0.2) is 0 Å². The zero-order chi connectivity index (χ0) is 14.9. The maximum absolute atomic E-state index is 12.0. The van der Waals surface area contributed by atoms with Crippen LogP contribution < -0.4 is 10.2 Å². The van der Waals surface area contributed by atoms with Gasteiger partial charge in [-0.1, -0.05) is 27.7 Å². The molecule has 0 saturated carbocycles. The first-order chi connectivity index (χ1) is 9.32. The van der Waals surface area contributed by atoms with Crippen LogP contribution in [0.1, 0.15) is 39.9 Å². The van der Waals surface area contributed by atoms with Crippen molar-refractivity contribution >= 4 is 27.7 Å². The van der Waals surface area contributed by atoms with E-state index >= 15 is 0 Å². The number of aromatic nitrogens is 2. The van der Waals surface area contributed by atoms with Gasteiger partial charge in [-0.3, -0.25) is 4.79 Å². The monoisotopic (exact) mass is 340 g/mol. The van der Waals surface area contributed by atoms with E-state index in [0.29, 0.717) is 6.54 Å². The van der Waals surface area contributed by atoms with Crippen molar-refractivity contribution in [3.05, 3.63) is 16.5 Å². The molecule has 1 N–H and O–H groups in total. The Bertz CT molecular complexity index is 512. The van der Waals surface area contributed by atoms with Crippen LogP contribution in [-0.4, -0.2) is 35.0 Å². The highest BCUT2D eigenvalue weighted by atomic mass is 79.9. The van der Waals surface area contributed by atoms with Gasteiger partial charge in [-0.25, -0.2) is 9.97 Å². The predicted octanol–water partition coefficient (Wildman–Crippen LogP) is 2.25. The third kappa shape index (κ3) is 3.11. The molecule has 2 heterocycles. The van der Waals surface area contributed by atoms with Crippen LogP contribution in [0.15, 0.2) is 10.7 Å². The Balaban J connectivity index is 2.41. The lowest BCUT2D eigenvalue weighted by Crippen LogP contribution is -2.55. The van der Waals surface area contributed by atoms with E-state index < -0.39 is 0 Å². The van der Waals surface area contributed by atoms with Crippen molar-refractivity contribution < 1.29 is 4.79 Å². The van der Waals surface area contributed by atoms with E-state index in [9.17, 15) is 4.79 Å². The molecule has 0 spiro atoms. The molecule has 1 aromatic rings. The van der Waals surface area contributed by atoms with E-state index in [1.807, 2.05) is 13.0 Å². The molecule has 0 radical (unpaired) electrons. The summed E-state index contributed by atoms with van der Waals surface area (Å²) in [7, 11) is 0. The first-order valence-corrected chi connectivity index (χ1v) is 7.71. The summed E-state index contributed by atoms with van der Waals surface area (Å²) in [5.41, 5.74) is -0.127. The Morgan fingerprint density at radius 3 is 2.75 bits per heavy atom. The van der Waals surface area contributed by atoms with Crippen LogP contribution in [0.4, 0.5) is 5.82 Å². The summed E-state index contributed by atoms with van der Waals surface area (Å²) in [5.74, 6) is 1.67. The van der Waals surface area contributed by atoms with Crippen molar-refractivity contribution in [2.45, 2.75) is 45.6 Å². The van der Waals surface area contributed by atoms with Gasteiger partial charge in [-0.2, -0.15) is 0 Å².